The standard InChI is InChI=1S/C24H38N7O15P3/c1-13(32)5-4-7-26-15(33)6-8-27-22(36)19(35)24(2,3)10-43-49(40,41)46-48(39)42-9-14-18(45-47(37)38)17(34)23(44-14)31-12-30-16-20(25)28-11-29-21(16)31/h11-12,14,17-19,23,34-35,39H,4-10H2,1-3H3,(H5-,25,26,27,28,29,33,36,37,38,40,41)/p+1/t14-,17-,18-,19+,23-,48?/m1/s1. The van der Waals surface area contributed by atoms with Gasteiger partial charge >= 0.3 is 24.7 Å². The first kappa shape index (κ1) is 40.7. The molecular formula is C24H39N7O15P3+. The van der Waals surface area contributed by atoms with Crippen LogP contribution >= 0.6 is 24.7 Å². The van der Waals surface area contributed by atoms with Crippen molar-refractivity contribution in [1.29, 1.82) is 0 Å². The Kier molecular flexibility index (Phi) is 15.0. The fourth-order valence-electron chi connectivity index (χ4n) is 4.38. The van der Waals surface area contributed by atoms with Crippen LogP contribution in [0.15, 0.2) is 12.7 Å². The van der Waals surface area contributed by atoms with E-state index in [2.05, 4.69) is 29.9 Å². The number of hydrogen-bond acceptors (Lipinski definition) is 17. The monoisotopic (exact) mass is 758 g/mol. The predicted molar refractivity (Wildman–Crippen MR) is 167 cm³/mol. The highest BCUT2D eigenvalue weighted by Gasteiger charge is 2.51. The van der Waals surface area contributed by atoms with Gasteiger partial charge in [-0.3, -0.25) is 18.7 Å². The number of rotatable bonds is 20. The van der Waals surface area contributed by atoms with Crippen LogP contribution in [0.4, 0.5) is 5.82 Å². The van der Waals surface area contributed by atoms with Gasteiger partial charge in [0.2, 0.25) is 11.8 Å². The molecule has 0 saturated carbocycles. The Bertz CT molecular complexity index is 1530. The van der Waals surface area contributed by atoms with Gasteiger partial charge in [-0.15, -0.1) is 9.42 Å². The average Bonchev–Trinajstić information content (AvgIpc) is 3.57. The summed E-state index contributed by atoms with van der Waals surface area (Å²) in [6.45, 7) is 2.88. The first-order chi connectivity index (χ1) is 22.9. The summed E-state index contributed by atoms with van der Waals surface area (Å²) < 4.78 is 50.4. The molecule has 2 aromatic heterocycles. The lowest BCUT2D eigenvalue weighted by Gasteiger charge is -2.29. The van der Waals surface area contributed by atoms with Crippen molar-refractivity contribution < 1.29 is 71.0 Å². The fraction of sp³-hybridized carbons (Fsp3) is 0.667. The van der Waals surface area contributed by atoms with Crippen molar-refractivity contribution in [3.63, 3.8) is 0 Å². The average molecular weight is 759 g/mol. The molecule has 49 heavy (non-hydrogen) atoms. The Hall–Kier alpha value is -2.68. The number of phosphoric acid groups is 1. The zero-order valence-corrected chi connectivity index (χ0v) is 29.2. The number of aromatic nitrogens is 4. The smallest absolute Gasteiger partial charge is 0.385 e. The maximum Gasteiger partial charge on any atom is 0.695 e. The minimum atomic E-state index is -5.07. The van der Waals surface area contributed by atoms with Gasteiger partial charge in [-0.05, 0) is 13.3 Å². The van der Waals surface area contributed by atoms with E-state index in [1.807, 2.05) is 0 Å². The number of ketones is 1. The molecule has 1 fully saturated rings. The first-order valence-corrected chi connectivity index (χ1v) is 18.3. The summed E-state index contributed by atoms with van der Waals surface area (Å²) in [5.74, 6) is -1.23. The predicted octanol–water partition coefficient (Wildman–Crippen LogP) is -0.550. The summed E-state index contributed by atoms with van der Waals surface area (Å²) in [5, 5.41) is 26.3. The number of fused-ring (bicyclic) bond motifs is 1. The van der Waals surface area contributed by atoms with Crippen molar-refractivity contribution in [2.45, 2.75) is 70.7 Å². The topological polar surface area (TPSA) is 326 Å². The number of anilines is 1. The van der Waals surface area contributed by atoms with E-state index in [-0.39, 0.29) is 41.6 Å². The molecule has 0 spiro atoms. The zero-order valence-electron chi connectivity index (χ0n) is 26.5. The lowest BCUT2D eigenvalue weighted by molar-refractivity contribution is -0.137. The van der Waals surface area contributed by atoms with Crippen molar-refractivity contribution in [2.24, 2.45) is 5.41 Å². The number of phosphoric ester groups is 1. The molecule has 9 N–H and O–H groups in total. The molecule has 2 aromatic rings. The summed E-state index contributed by atoms with van der Waals surface area (Å²) in [7, 11) is -11.5. The summed E-state index contributed by atoms with van der Waals surface area (Å²) >= 11 is 0. The Morgan fingerprint density at radius 2 is 1.94 bits per heavy atom. The van der Waals surface area contributed by atoms with Gasteiger partial charge in [0, 0.05) is 35.9 Å². The molecule has 3 heterocycles. The molecule has 1 aliphatic heterocycles. The minimum absolute atomic E-state index is 0.00414. The number of nitrogen functional groups attached to an aromatic ring is 1. The van der Waals surface area contributed by atoms with Gasteiger partial charge in [0.25, 0.3) is 0 Å². The largest absolute Gasteiger partial charge is 0.695 e. The van der Waals surface area contributed by atoms with Crippen molar-refractivity contribution in [1.82, 2.24) is 30.2 Å². The summed E-state index contributed by atoms with van der Waals surface area (Å²) in [5.41, 5.74) is 4.66. The molecule has 8 atom stereocenters. The molecule has 0 radical (unpaired) electrons. The van der Waals surface area contributed by atoms with Crippen molar-refractivity contribution in [3.8, 4) is 0 Å². The second-order valence-corrected chi connectivity index (χ2v) is 14.7. The maximum atomic E-state index is 12.5. The van der Waals surface area contributed by atoms with Gasteiger partial charge in [0.05, 0.1) is 19.5 Å². The third kappa shape index (κ3) is 12.0. The number of nitrogens with one attached hydrogen (secondary N) is 2. The molecule has 1 saturated heterocycles. The quantitative estimate of drug-likeness (QED) is 0.0620. The maximum absolute atomic E-state index is 12.5. The number of nitrogens with zero attached hydrogens (tertiary/aromatic N) is 4. The van der Waals surface area contributed by atoms with Gasteiger partial charge in [-0.1, -0.05) is 13.8 Å². The van der Waals surface area contributed by atoms with E-state index in [0.717, 1.165) is 6.33 Å². The van der Waals surface area contributed by atoms with Crippen LogP contribution in [0.1, 0.15) is 46.3 Å². The zero-order chi connectivity index (χ0) is 36.5. The number of Topliss-reactive ketones (excluding diaryl/α,β-unsaturated/α-hetero) is 1. The number of aliphatic hydroxyl groups is 2. The normalized spacial score (nSPS) is 22.3. The van der Waals surface area contributed by atoms with E-state index in [0.29, 0.717) is 19.4 Å². The number of carbonyl (C=O) groups is 3. The molecule has 0 aliphatic carbocycles. The van der Waals surface area contributed by atoms with Crippen LogP contribution in [0.25, 0.3) is 11.2 Å². The van der Waals surface area contributed by atoms with Crippen LogP contribution in [-0.4, -0.2) is 113 Å². The third-order valence-corrected chi connectivity index (χ3v) is 9.61. The number of aliphatic hydroxyl groups excluding tert-OH is 2. The lowest BCUT2D eigenvalue weighted by Crippen LogP contribution is -2.46. The second kappa shape index (κ2) is 18.0. The number of amides is 2. The summed E-state index contributed by atoms with van der Waals surface area (Å²) in [6, 6.07) is 0. The number of nitrogens with two attached hydrogens (primary N) is 1. The van der Waals surface area contributed by atoms with Gasteiger partial charge in [0.1, 0.15) is 35.9 Å². The molecular weight excluding hydrogens is 719 g/mol. The number of hydrogen-bond donors (Lipinski definition) is 8. The highest BCUT2D eigenvalue weighted by Crippen LogP contribution is 2.56. The van der Waals surface area contributed by atoms with Crippen LogP contribution in [0.5, 0.6) is 0 Å². The molecule has 3 unspecified atom stereocenters. The van der Waals surface area contributed by atoms with E-state index in [4.69, 9.17) is 24.0 Å². The molecule has 2 amide bonds. The van der Waals surface area contributed by atoms with Crippen molar-refractivity contribution >= 4 is 59.3 Å². The highest BCUT2D eigenvalue weighted by atomic mass is 31.3. The Morgan fingerprint density at radius 3 is 2.61 bits per heavy atom. The molecule has 22 nitrogen and oxygen atoms in total. The van der Waals surface area contributed by atoms with Crippen LogP contribution in [0.3, 0.4) is 0 Å². The molecule has 274 valence electrons. The van der Waals surface area contributed by atoms with E-state index in [9.17, 15) is 48.4 Å². The molecule has 3 rings (SSSR count). The van der Waals surface area contributed by atoms with E-state index in [1.165, 1.54) is 31.7 Å². The minimum Gasteiger partial charge on any atom is -0.385 e. The number of imidazole rings is 1. The lowest BCUT2D eigenvalue weighted by atomic mass is 9.87. The molecule has 0 aromatic carbocycles. The van der Waals surface area contributed by atoms with Crippen molar-refractivity contribution in [3.05, 3.63) is 12.7 Å². The van der Waals surface area contributed by atoms with E-state index < -0.39 is 79.9 Å². The molecule has 1 aliphatic rings. The summed E-state index contributed by atoms with van der Waals surface area (Å²) in [4.78, 5) is 76.8. The Balaban J connectivity index is 1.49. The van der Waals surface area contributed by atoms with E-state index in [1.54, 1.807) is 0 Å². The fourth-order valence-corrected chi connectivity index (χ4v) is 6.70. The molecule has 0 bridgehead atoms. The number of carbonyl (C=O) groups excluding carboxylic acids is 3. The van der Waals surface area contributed by atoms with Crippen LogP contribution in [-0.2, 0) is 46.1 Å². The van der Waals surface area contributed by atoms with Crippen LogP contribution in [0.2, 0.25) is 0 Å². The van der Waals surface area contributed by atoms with Gasteiger partial charge in [-0.25, -0.2) is 23.8 Å². The number of ether oxygens (including phenoxy) is 1. The van der Waals surface area contributed by atoms with E-state index >= 15 is 0 Å². The second-order valence-electron chi connectivity index (χ2n) is 11.4. The van der Waals surface area contributed by atoms with Gasteiger partial charge < -0.3 is 50.4 Å². The third-order valence-electron chi connectivity index (χ3n) is 6.97. The SMILES string of the molecule is CC(=O)CCCNC(=O)CCNC(=O)[C@H](O)C(C)(C)COP(=O)(O)OP(O)OC[C@H]1O[C@@H](n2cnc3c(N)ncnc32)[C@H](O)[C@@H]1O[P+](=O)O. The first-order valence-electron chi connectivity index (χ1n) is 14.5. The van der Waals surface area contributed by atoms with Gasteiger partial charge in [-0.2, -0.15) is 0 Å². The summed E-state index contributed by atoms with van der Waals surface area (Å²) in [6.07, 6.45) is -4.43. The van der Waals surface area contributed by atoms with Gasteiger partial charge in [0.15, 0.2) is 23.8 Å². The molecule has 25 heteroatoms. The van der Waals surface area contributed by atoms with Crippen molar-refractivity contribution in [2.75, 3.05) is 32.0 Å². The van der Waals surface area contributed by atoms with Crippen LogP contribution < -0.4 is 16.4 Å². The Labute approximate surface area is 281 Å². The van der Waals surface area contributed by atoms with Crippen LogP contribution in [0, 0.1) is 5.41 Å². The Morgan fingerprint density at radius 1 is 1.22 bits per heavy atom. The highest BCUT2D eigenvalue weighted by molar-refractivity contribution is 7.58.